The molecule has 0 unspecified atom stereocenters. The molecule has 2 rings (SSSR count). The van der Waals surface area contributed by atoms with Crippen LogP contribution in [0.15, 0.2) is 11.4 Å². The number of nitrogens with one attached hydrogen (secondary N) is 1. The molecule has 19 heavy (non-hydrogen) atoms. The van der Waals surface area contributed by atoms with Crippen molar-refractivity contribution in [2.24, 2.45) is 22.7 Å². The van der Waals surface area contributed by atoms with Gasteiger partial charge < -0.3 is 21.4 Å². The number of hydrogen-bond donors (Lipinski definition) is 4. The smallest absolute Gasteiger partial charge is 0.232 e. The lowest BCUT2D eigenvalue weighted by molar-refractivity contribution is 0.114. The van der Waals surface area contributed by atoms with Crippen LogP contribution in [0.3, 0.4) is 0 Å². The predicted octanol–water partition coefficient (Wildman–Crippen LogP) is 0.141. The minimum Gasteiger partial charge on any atom is -0.409 e. The average molecular weight is 269 g/mol. The average Bonchev–Trinajstić information content (AvgIpc) is 2.37. The number of aliphatic hydroxyl groups excluding tert-OH is 1. The molecule has 0 bridgehead atoms. The van der Waals surface area contributed by atoms with Gasteiger partial charge in [0.2, 0.25) is 5.95 Å². The Bertz CT molecular complexity index is 476. The zero-order valence-electron chi connectivity index (χ0n) is 10.3. The molecule has 8 heteroatoms. The fourth-order valence-corrected chi connectivity index (χ4v) is 2.15. The Kier molecular flexibility index (Phi) is 4.10. The number of nitrogens with zero attached hydrogens (tertiary/aromatic N) is 3. The summed E-state index contributed by atoms with van der Waals surface area (Å²) in [5.41, 5.74) is 5.40. The van der Waals surface area contributed by atoms with E-state index in [4.69, 9.17) is 16.0 Å². The van der Waals surface area contributed by atoms with Crippen LogP contribution >= 0.6 is 0 Å². The molecule has 1 saturated carbocycles. The van der Waals surface area contributed by atoms with E-state index < -0.39 is 5.95 Å². The van der Waals surface area contributed by atoms with Gasteiger partial charge in [-0.25, -0.2) is 9.97 Å². The molecule has 0 amide bonds. The van der Waals surface area contributed by atoms with E-state index in [-0.39, 0.29) is 24.0 Å². The minimum atomic E-state index is -0.795. The minimum absolute atomic E-state index is 0.0134. The van der Waals surface area contributed by atoms with E-state index in [0.717, 1.165) is 19.0 Å². The molecule has 1 aromatic heterocycles. The van der Waals surface area contributed by atoms with Gasteiger partial charge in [0.15, 0.2) is 17.3 Å². The fraction of sp³-hybridized carbons (Fsp3) is 0.545. The first kappa shape index (κ1) is 13.5. The van der Waals surface area contributed by atoms with Crippen LogP contribution in [0.4, 0.5) is 10.2 Å². The van der Waals surface area contributed by atoms with Crippen LogP contribution in [0, 0.1) is 17.8 Å². The monoisotopic (exact) mass is 269 g/mol. The van der Waals surface area contributed by atoms with Crippen molar-refractivity contribution < 1.29 is 14.7 Å². The maximum atomic E-state index is 13.0. The number of aliphatic hydroxyl groups is 1. The van der Waals surface area contributed by atoms with Crippen molar-refractivity contribution in [2.45, 2.75) is 12.8 Å². The molecule has 0 radical (unpaired) electrons. The molecule has 1 fully saturated rings. The standard InChI is InChI=1S/C11H16FN5O2/c12-8-4-15-11(9(16-8)10(13)17-19)14-3-6-1-7(2-6)5-18/h4,6-7,18-19H,1-3,5H2,(H2,13,17)(H,14,15). The molecule has 7 nitrogen and oxygen atoms in total. The third kappa shape index (κ3) is 3.08. The number of amidine groups is 1. The van der Waals surface area contributed by atoms with E-state index in [9.17, 15) is 4.39 Å². The molecule has 0 aromatic carbocycles. The van der Waals surface area contributed by atoms with Crippen LogP contribution in [0.1, 0.15) is 18.5 Å². The number of oxime groups is 1. The van der Waals surface area contributed by atoms with E-state index in [2.05, 4.69) is 20.4 Å². The zero-order chi connectivity index (χ0) is 13.8. The predicted molar refractivity (Wildman–Crippen MR) is 66.3 cm³/mol. The van der Waals surface area contributed by atoms with Crippen LogP contribution in [0.5, 0.6) is 0 Å². The van der Waals surface area contributed by atoms with Gasteiger partial charge in [0.25, 0.3) is 0 Å². The highest BCUT2D eigenvalue weighted by Gasteiger charge is 2.28. The van der Waals surface area contributed by atoms with Crippen molar-refractivity contribution in [3.63, 3.8) is 0 Å². The molecule has 0 aliphatic heterocycles. The molecular formula is C11H16FN5O2. The van der Waals surface area contributed by atoms with Crippen molar-refractivity contribution in [2.75, 3.05) is 18.5 Å². The highest BCUT2D eigenvalue weighted by Crippen LogP contribution is 2.33. The van der Waals surface area contributed by atoms with Gasteiger partial charge in [-0.2, -0.15) is 4.39 Å². The lowest BCUT2D eigenvalue weighted by Crippen LogP contribution is -2.32. The normalized spacial score (nSPS) is 22.9. The molecule has 104 valence electrons. The Labute approximate surface area is 109 Å². The first-order valence-electron chi connectivity index (χ1n) is 5.99. The number of hydrogen-bond acceptors (Lipinski definition) is 6. The third-order valence-electron chi connectivity index (χ3n) is 3.24. The van der Waals surface area contributed by atoms with Crippen LogP contribution < -0.4 is 11.1 Å². The maximum Gasteiger partial charge on any atom is 0.232 e. The molecule has 0 atom stereocenters. The van der Waals surface area contributed by atoms with Crippen molar-refractivity contribution in [1.82, 2.24) is 9.97 Å². The second kappa shape index (κ2) is 5.79. The summed E-state index contributed by atoms with van der Waals surface area (Å²) in [6, 6.07) is 0. The summed E-state index contributed by atoms with van der Waals surface area (Å²) in [5.74, 6) is -0.00424. The lowest BCUT2D eigenvalue weighted by Gasteiger charge is -2.34. The SMILES string of the molecule is N/C(=N\O)c1nc(F)cnc1NCC1CC(CO)C1. The number of aromatic nitrogens is 2. The molecule has 1 aliphatic carbocycles. The first-order chi connectivity index (χ1) is 9.13. The topological polar surface area (TPSA) is 117 Å². The summed E-state index contributed by atoms with van der Waals surface area (Å²) in [6.07, 6.45) is 2.85. The molecule has 0 saturated heterocycles. The molecule has 1 heterocycles. The van der Waals surface area contributed by atoms with Crippen molar-refractivity contribution in [3.05, 3.63) is 17.8 Å². The lowest BCUT2D eigenvalue weighted by atomic mass is 9.75. The summed E-state index contributed by atoms with van der Waals surface area (Å²) in [4.78, 5) is 7.40. The highest BCUT2D eigenvalue weighted by molar-refractivity contribution is 5.99. The van der Waals surface area contributed by atoms with Crippen molar-refractivity contribution >= 4 is 11.7 Å². The second-order valence-corrected chi connectivity index (χ2v) is 4.64. The Morgan fingerprint density at radius 2 is 2.26 bits per heavy atom. The van der Waals surface area contributed by atoms with Crippen LogP contribution in [0.2, 0.25) is 0 Å². The van der Waals surface area contributed by atoms with Gasteiger partial charge in [0, 0.05) is 13.2 Å². The van der Waals surface area contributed by atoms with E-state index in [0.29, 0.717) is 18.4 Å². The summed E-state index contributed by atoms with van der Waals surface area (Å²) in [5, 5.41) is 23.4. The number of rotatable bonds is 5. The largest absolute Gasteiger partial charge is 0.409 e. The van der Waals surface area contributed by atoms with E-state index in [1.165, 1.54) is 0 Å². The molecule has 1 aliphatic rings. The summed E-state index contributed by atoms with van der Waals surface area (Å²) >= 11 is 0. The van der Waals surface area contributed by atoms with Crippen molar-refractivity contribution in [3.8, 4) is 0 Å². The summed E-state index contributed by atoms with van der Waals surface area (Å²) in [6.45, 7) is 0.838. The number of anilines is 1. The Balaban J connectivity index is 2.00. The molecule has 1 aromatic rings. The molecular weight excluding hydrogens is 253 g/mol. The second-order valence-electron chi connectivity index (χ2n) is 4.64. The summed E-state index contributed by atoms with van der Waals surface area (Å²) < 4.78 is 13.0. The summed E-state index contributed by atoms with van der Waals surface area (Å²) in [7, 11) is 0. The number of nitrogens with two attached hydrogens (primary N) is 1. The van der Waals surface area contributed by atoms with Crippen LogP contribution in [-0.4, -0.2) is 39.3 Å². The third-order valence-corrected chi connectivity index (χ3v) is 3.24. The van der Waals surface area contributed by atoms with Gasteiger partial charge in [-0.15, -0.1) is 0 Å². The molecule has 5 N–H and O–H groups in total. The van der Waals surface area contributed by atoms with Gasteiger partial charge in [-0.3, -0.25) is 0 Å². The van der Waals surface area contributed by atoms with Crippen LogP contribution in [-0.2, 0) is 0 Å². The first-order valence-corrected chi connectivity index (χ1v) is 5.99. The van der Waals surface area contributed by atoms with E-state index >= 15 is 0 Å². The Hall–Kier alpha value is -1.96. The van der Waals surface area contributed by atoms with Gasteiger partial charge in [0.1, 0.15) is 0 Å². The fourth-order valence-electron chi connectivity index (χ4n) is 2.15. The van der Waals surface area contributed by atoms with Crippen LogP contribution in [0.25, 0.3) is 0 Å². The van der Waals surface area contributed by atoms with E-state index in [1.807, 2.05) is 0 Å². The van der Waals surface area contributed by atoms with Gasteiger partial charge in [-0.05, 0) is 24.7 Å². The van der Waals surface area contributed by atoms with Crippen molar-refractivity contribution in [1.29, 1.82) is 0 Å². The number of halogens is 1. The quantitative estimate of drug-likeness (QED) is 0.261. The Morgan fingerprint density at radius 3 is 2.89 bits per heavy atom. The van der Waals surface area contributed by atoms with E-state index in [1.54, 1.807) is 0 Å². The van der Waals surface area contributed by atoms with Gasteiger partial charge in [0.05, 0.1) is 6.20 Å². The zero-order valence-corrected chi connectivity index (χ0v) is 10.3. The van der Waals surface area contributed by atoms with Gasteiger partial charge >= 0.3 is 0 Å². The van der Waals surface area contributed by atoms with Gasteiger partial charge in [-0.1, -0.05) is 5.16 Å². The Morgan fingerprint density at radius 1 is 1.53 bits per heavy atom. The molecule has 0 spiro atoms. The highest BCUT2D eigenvalue weighted by atomic mass is 19.1. The maximum absolute atomic E-state index is 13.0.